The third-order valence-electron chi connectivity index (χ3n) is 3.78. The molecule has 0 aliphatic heterocycles. The predicted molar refractivity (Wildman–Crippen MR) is 99.6 cm³/mol. The van der Waals surface area contributed by atoms with E-state index in [9.17, 15) is 0 Å². The van der Waals surface area contributed by atoms with Crippen molar-refractivity contribution in [2.24, 2.45) is 5.16 Å². The maximum atomic E-state index is 5.11. The summed E-state index contributed by atoms with van der Waals surface area (Å²) in [6, 6.07) is 16.6. The van der Waals surface area contributed by atoms with Crippen LogP contribution in [0.4, 0.5) is 0 Å². The monoisotopic (exact) mass is 423 g/mol. The van der Waals surface area contributed by atoms with Gasteiger partial charge in [0.25, 0.3) is 0 Å². The summed E-state index contributed by atoms with van der Waals surface area (Å²) in [6.07, 6.45) is 0. The van der Waals surface area contributed by atoms with Crippen molar-refractivity contribution in [3.63, 3.8) is 0 Å². The van der Waals surface area contributed by atoms with Gasteiger partial charge in [0, 0.05) is 20.8 Å². The van der Waals surface area contributed by atoms with E-state index in [2.05, 4.69) is 75.1 Å². The predicted octanol–water partition coefficient (Wildman–Crippen LogP) is 6.12. The van der Waals surface area contributed by atoms with Crippen LogP contribution in [0, 0.1) is 0 Å². The summed E-state index contributed by atoms with van der Waals surface area (Å²) in [7, 11) is 1.60. The second-order valence-electron chi connectivity index (χ2n) is 5.25. The van der Waals surface area contributed by atoms with Gasteiger partial charge in [0.15, 0.2) is 0 Å². The van der Waals surface area contributed by atoms with Crippen molar-refractivity contribution in [1.82, 2.24) is 0 Å². The Morgan fingerprint density at radius 1 is 0.909 bits per heavy atom. The SMILES string of the molecule is CON=C(C(C)c1cccc(Br)c1)C(C)c1cccc(Br)c1. The summed E-state index contributed by atoms with van der Waals surface area (Å²) in [5.41, 5.74) is 3.44. The summed E-state index contributed by atoms with van der Waals surface area (Å²) >= 11 is 7.07. The van der Waals surface area contributed by atoms with Gasteiger partial charge in [0.05, 0.1) is 5.71 Å². The van der Waals surface area contributed by atoms with Crippen LogP contribution in [0.3, 0.4) is 0 Å². The normalized spacial score (nSPS) is 13.3. The first-order valence-electron chi connectivity index (χ1n) is 7.14. The minimum absolute atomic E-state index is 0.173. The molecule has 2 nitrogen and oxygen atoms in total. The van der Waals surface area contributed by atoms with E-state index in [1.165, 1.54) is 11.1 Å². The molecule has 0 bridgehead atoms. The second kappa shape index (κ2) is 7.93. The summed E-state index contributed by atoms with van der Waals surface area (Å²) in [5, 5.41) is 4.32. The third-order valence-corrected chi connectivity index (χ3v) is 4.77. The molecule has 0 amide bonds. The van der Waals surface area contributed by atoms with Crippen LogP contribution in [0.2, 0.25) is 0 Å². The molecule has 22 heavy (non-hydrogen) atoms. The van der Waals surface area contributed by atoms with Crippen molar-refractivity contribution in [2.75, 3.05) is 7.11 Å². The summed E-state index contributed by atoms with van der Waals surface area (Å²) < 4.78 is 2.15. The number of oxime groups is 1. The van der Waals surface area contributed by atoms with Crippen LogP contribution in [0.15, 0.2) is 62.6 Å². The average molecular weight is 425 g/mol. The molecular formula is C18H19Br2NO. The van der Waals surface area contributed by atoms with Gasteiger partial charge in [-0.2, -0.15) is 0 Å². The van der Waals surface area contributed by atoms with Crippen LogP contribution in [0.25, 0.3) is 0 Å². The quantitative estimate of drug-likeness (QED) is 0.418. The maximum Gasteiger partial charge on any atom is 0.106 e. The molecule has 2 rings (SSSR count). The Hall–Kier alpha value is -1.13. The Morgan fingerprint density at radius 2 is 1.36 bits per heavy atom. The summed E-state index contributed by atoms with van der Waals surface area (Å²) in [5.74, 6) is 0.345. The fourth-order valence-electron chi connectivity index (χ4n) is 2.53. The smallest absolute Gasteiger partial charge is 0.106 e. The first kappa shape index (κ1) is 17.2. The minimum Gasteiger partial charge on any atom is -0.399 e. The zero-order chi connectivity index (χ0) is 16.1. The van der Waals surface area contributed by atoms with Crippen molar-refractivity contribution in [3.8, 4) is 0 Å². The van der Waals surface area contributed by atoms with Gasteiger partial charge in [-0.3, -0.25) is 0 Å². The number of nitrogens with zero attached hydrogens (tertiary/aromatic N) is 1. The van der Waals surface area contributed by atoms with Gasteiger partial charge < -0.3 is 4.84 Å². The van der Waals surface area contributed by atoms with Gasteiger partial charge in [0.2, 0.25) is 0 Å². The summed E-state index contributed by atoms with van der Waals surface area (Å²) in [4.78, 5) is 5.11. The van der Waals surface area contributed by atoms with Gasteiger partial charge in [-0.1, -0.05) is 75.1 Å². The Bertz CT molecular complexity index is 616. The lowest BCUT2D eigenvalue weighted by Gasteiger charge is -2.21. The van der Waals surface area contributed by atoms with Crippen LogP contribution >= 0.6 is 31.9 Å². The van der Waals surface area contributed by atoms with E-state index in [4.69, 9.17) is 4.84 Å². The zero-order valence-electron chi connectivity index (χ0n) is 12.9. The van der Waals surface area contributed by atoms with Gasteiger partial charge in [0.1, 0.15) is 7.11 Å². The fourth-order valence-corrected chi connectivity index (χ4v) is 3.37. The molecule has 2 aromatic rings. The minimum atomic E-state index is 0.173. The lowest BCUT2D eigenvalue weighted by Crippen LogP contribution is -2.17. The largest absolute Gasteiger partial charge is 0.399 e. The molecule has 0 fully saturated rings. The van der Waals surface area contributed by atoms with E-state index >= 15 is 0 Å². The van der Waals surface area contributed by atoms with Crippen LogP contribution < -0.4 is 0 Å². The highest BCUT2D eigenvalue weighted by molar-refractivity contribution is 9.10. The van der Waals surface area contributed by atoms with E-state index in [-0.39, 0.29) is 11.8 Å². The summed E-state index contributed by atoms with van der Waals surface area (Å²) in [6.45, 7) is 4.32. The van der Waals surface area contributed by atoms with Crippen molar-refractivity contribution >= 4 is 37.6 Å². The Morgan fingerprint density at radius 3 is 1.73 bits per heavy atom. The number of hydrogen-bond donors (Lipinski definition) is 0. The van der Waals surface area contributed by atoms with Crippen molar-refractivity contribution in [2.45, 2.75) is 25.7 Å². The molecule has 0 aliphatic carbocycles. The first-order chi connectivity index (χ1) is 10.5. The molecule has 0 aromatic heterocycles. The van der Waals surface area contributed by atoms with E-state index in [1.807, 2.05) is 24.3 Å². The molecule has 2 atom stereocenters. The highest BCUT2D eigenvalue weighted by Gasteiger charge is 2.22. The molecule has 0 saturated heterocycles. The Labute approximate surface area is 148 Å². The second-order valence-corrected chi connectivity index (χ2v) is 7.08. The molecule has 2 aromatic carbocycles. The van der Waals surface area contributed by atoms with Crippen molar-refractivity contribution in [1.29, 1.82) is 0 Å². The van der Waals surface area contributed by atoms with E-state index < -0.39 is 0 Å². The Kier molecular flexibility index (Phi) is 6.21. The van der Waals surface area contributed by atoms with Crippen LogP contribution in [0.1, 0.15) is 36.8 Å². The third kappa shape index (κ3) is 4.20. The first-order valence-corrected chi connectivity index (χ1v) is 8.73. The maximum absolute atomic E-state index is 5.11. The molecule has 0 radical (unpaired) electrons. The molecule has 0 N–H and O–H groups in total. The van der Waals surface area contributed by atoms with Crippen LogP contribution in [-0.2, 0) is 4.84 Å². The van der Waals surface area contributed by atoms with E-state index in [0.29, 0.717) is 0 Å². The zero-order valence-corrected chi connectivity index (χ0v) is 16.1. The van der Waals surface area contributed by atoms with Crippen LogP contribution in [-0.4, -0.2) is 12.8 Å². The van der Waals surface area contributed by atoms with Crippen LogP contribution in [0.5, 0.6) is 0 Å². The highest BCUT2D eigenvalue weighted by atomic mass is 79.9. The molecule has 0 aliphatic rings. The molecular weight excluding hydrogens is 406 g/mol. The highest BCUT2D eigenvalue weighted by Crippen LogP contribution is 2.30. The van der Waals surface area contributed by atoms with Gasteiger partial charge >= 0.3 is 0 Å². The molecule has 116 valence electrons. The molecule has 0 heterocycles. The van der Waals surface area contributed by atoms with Gasteiger partial charge in [-0.25, -0.2) is 0 Å². The number of hydrogen-bond acceptors (Lipinski definition) is 2. The van der Waals surface area contributed by atoms with E-state index in [0.717, 1.165) is 14.7 Å². The fraction of sp³-hybridized carbons (Fsp3) is 0.278. The Balaban J connectivity index is 2.36. The molecule has 0 spiro atoms. The number of benzene rings is 2. The van der Waals surface area contributed by atoms with Crippen molar-refractivity contribution in [3.05, 3.63) is 68.6 Å². The molecule has 4 heteroatoms. The number of rotatable bonds is 5. The lowest BCUT2D eigenvalue weighted by molar-refractivity contribution is 0.210. The standard InChI is InChI=1S/C18H19Br2NO/c1-12(14-6-4-8-16(19)10-14)18(21-22-3)13(2)15-7-5-9-17(20)11-15/h4-13H,1-3H3. The average Bonchev–Trinajstić information content (AvgIpc) is 2.51. The molecule has 2 unspecified atom stereocenters. The van der Waals surface area contributed by atoms with Gasteiger partial charge in [-0.15, -0.1) is 0 Å². The number of halogens is 2. The molecule has 0 saturated carbocycles. The topological polar surface area (TPSA) is 21.6 Å². The van der Waals surface area contributed by atoms with Gasteiger partial charge in [-0.05, 0) is 35.4 Å². The lowest BCUT2D eigenvalue weighted by atomic mass is 9.85. The van der Waals surface area contributed by atoms with E-state index in [1.54, 1.807) is 7.11 Å². The van der Waals surface area contributed by atoms with Crippen molar-refractivity contribution < 1.29 is 4.84 Å².